The predicted molar refractivity (Wildman–Crippen MR) is 115 cm³/mol. The van der Waals surface area contributed by atoms with Gasteiger partial charge in [-0.2, -0.15) is 5.10 Å². The molecular weight excluding hydrogens is 420 g/mol. The average molecular weight is 439 g/mol. The average Bonchev–Trinajstić information content (AvgIpc) is 3.27. The van der Waals surface area contributed by atoms with Gasteiger partial charge in [-0.05, 0) is 36.8 Å². The molecule has 4 rings (SSSR count). The first-order chi connectivity index (χ1) is 15.1. The maximum absolute atomic E-state index is 12.8. The van der Waals surface area contributed by atoms with Crippen LogP contribution in [-0.2, 0) is 17.9 Å². The fourth-order valence-electron chi connectivity index (χ4n) is 3.06. The Bertz CT molecular complexity index is 1280. The van der Waals surface area contributed by atoms with E-state index in [9.17, 15) is 9.59 Å². The number of nitrogens with zero attached hydrogens (tertiary/aromatic N) is 4. The molecule has 0 radical (unpaired) electrons. The number of aryl methyl sites for hydroxylation is 1. The van der Waals surface area contributed by atoms with Crippen molar-refractivity contribution in [3.63, 3.8) is 0 Å². The molecule has 0 fully saturated rings. The normalized spacial score (nSPS) is 11.0. The smallest absolute Gasteiger partial charge is 0.359 e. The molecule has 2 aromatic carbocycles. The van der Waals surface area contributed by atoms with Crippen molar-refractivity contribution in [2.75, 3.05) is 0 Å². The molecule has 2 aromatic heterocycles. The molecule has 31 heavy (non-hydrogen) atoms. The molecule has 0 spiro atoms. The van der Waals surface area contributed by atoms with Crippen molar-refractivity contribution in [1.29, 1.82) is 0 Å². The van der Waals surface area contributed by atoms with Gasteiger partial charge in [0.1, 0.15) is 0 Å². The number of unbranched alkanes of at least 4 members (excludes halogenated alkanes) is 1. The lowest BCUT2D eigenvalue weighted by Gasteiger charge is -2.10. The topological polar surface area (TPSA) is 100 Å². The van der Waals surface area contributed by atoms with Crippen molar-refractivity contribution >= 4 is 28.3 Å². The van der Waals surface area contributed by atoms with Crippen molar-refractivity contribution in [2.24, 2.45) is 0 Å². The first-order valence-corrected chi connectivity index (χ1v) is 10.2. The van der Waals surface area contributed by atoms with E-state index in [4.69, 9.17) is 20.8 Å². The Kier molecular flexibility index (Phi) is 6.08. The first-order valence-electron chi connectivity index (χ1n) is 9.82. The predicted octanol–water partition coefficient (Wildman–Crippen LogP) is 4.26. The summed E-state index contributed by atoms with van der Waals surface area (Å²) in [6.07, 6.45) is 1.67. The third-order valence-electron chi connectivity index (χ3n) is 4.67. The number of ether oxygens (including phenoxy) is 1. The van der Waals surface area contributed by atoms with Gasteiger partial charge < -0.3 is 9.15 Å². The Morgan fingerprint density at radius 3 is 2.58 bits per heavy atom. The summed E-state index contributed by atoms with van der Waals surface area (Å²) < 4.78 is 12.2. The monoisotopic (exact) mass is 438 g/mol. The zero-order valence-corrected chi connectivity index (χ0v) is 17.5. The Hall–Kier alpha value is -3.52. The highest BCUT2D eigenvalue weighted by Crippen LogP contribution is 2.21. The highest BCUT2D eigenvalue weighted by molar-refractivity contribution is 6.30. The number of rotatable bonds is 7. The van der Waals surface area contributed by atoms with Crippen LogP contribution in [0, 0.1) is 0 Å². The SMILES string of the molecule is CCCCn1nc(C(=O)OCc2nnc(-c3ccc(Cl)cc3)o2)c2ccccc2c1=O. The summed E-state index contributed by atoms with van der Waals surface area (Å²) in [5.41, 5.74) is 0.541. The summed E-state index contributed by atoms with van der Waals surface area (Å²) in [6, 6.07) is 13.8. The van der Waals surface area contributed by atoms with Crippen LogP contribution in [0.4, 0.5) is 0 Å². The van der Waals surface area contributed by atoms with Crippen LogP contribution < -0.4 is 5.56 Å². The summed E-state index contributed by atoms with van der Waals surface area (Å²) >= 11 is 5.89. The van der Waals surface area contributed by atoms with Crippen LogP contribution in [0.3, 0.4) is 0 Å². The number of carbonyl (C=O) groups is 1. The molecule has 0 aliphatic heterocycles. The molecule has 0 saturated heterocycles. The largest absolute Gasteiger partial charge is 0.451 e. The lowest BCUT2D eigenvalue weighted by Crippen LogP contribution is -2.26. The van der Waals surface area contributed by atoms with E-state index in [1.807, 2.05) is 6.92 Å². The van der Waals surface area contributed by atoms with E-state index in [-0.39, 0.29) is 23.8 Å². The number of esters is 1. The van der Waals surface area contributed by atoms with Gasteiger partial charge in [-0.1, -0.05) is 43.1 Å². The fourth-order valence-corrected chi connectivity index (χ4v) is 3.19. The van der Waals surface area contributed by atoms with E-state index < -0.39 is 5.97 Å². The van der Waals surface area contributed by atoms with E-state index in [1.54, 1.807) is 48.5 Å². The molecule has 158 valence electrons. The van der Waals surface area contributed by atoms with E-state index in [1.165, 1.54) is 4.68 Å². The van der Waals surface area contributed by atoms with Crippen LogP contribution in [0.2, 0.25) is 5.02 Å². The number of hydrogen-bond donors (Lipinski definition) is 0. The van der Waals surface area contributed by atoms with Crippen LogP contribution in [0.5, 0.6) is 0 Å². The van der Waals surface area contributed by atoms with Gasteiger partial charge in [0.25, 0.3) is 11.4 Å². The number of aromatic nitrogens is 4. The highest BCUT2D eigenvalue weighted by atomic mass is 35.5. The van der Waals surface area contributed by atoms with E-state index in [0.717, 1.165) is 12.8 Å². The van der Waals surface area contributed by atoms with Gasteiger partial charge in [0.15, 0.2) is 12.3 Å². The zero-order valence-electron chi connectivity index (χ0n) is 16.7. The van der Waals surface area contributed by atoms with Crippen molar-refractivity contribution in [3.8, 4) is 11.5 Å². The standard InChI is InChI=1S/C22H19ClN4O4/c1-2-3-12-27-21(28)17-7-5-4-6-16(17)19(26-27)22(29)30-13-18-24-25-20(31-18)14-8-10-15(23)11-9-14/h4-11H,2-3,12-13H2,1H3. The Morgan fingerprint density at radius 1 is 1.10 bits per heavy atom. The molecule has 0 bridgehead atoms. The van der Waals surface area contributed by atoms with Crippen molar-refractivity contribution in [1.82, 2.24) is 20.0 Å². The minimum absolute atomic E-state index is 0.0729. The molecule has 8 nitrogen and oxygen atoms in total. The van der Waals surface area contributed by atoms with E-state index >= 15 is 0 Å². The molecule has 0 aliphatic rings. The molecule has 0 unspecified atom stereocenters. The first kappa shape index (κ1) is 20.7. The van der Waals surface area contributed by atoms with Crippen LogP contribution in [0.15, 0.2) is 57.7 Å². The van der Waals surface area contributed by atoms with Gasteiger partial charge in [-0.15, -0.1) is 10.2 Å². The van der Waals surface area contributed by atoms with Gasteiger partial charge in [0, 0.05) is 22.5 Å². The summed E-state index contributed by atoms with van der Waals surface area (Å²) in [6.45, 7) is 2.22. The minimum Gasteiger partial charge on any atom is -0.451 e. The third-order valence-corrected chi connectivity index (χ3v) is 4.92. The Labute approximate surface area is 182 Å². The third kappa shape index (κ3) is 4.49. The van der Waals surface area contributed by atoms with Gasteiger partial charge in [0.05, 0.1) is 5.39 Å². The van der Waals surface area contributed by atoms with Gasteiger partial charge in [-0.25, -0.2) is 9.48 Å². The highest BCUT2D eigenvalue weighted by Gasteiger charge is 2.19. The fraction of sp³-hybridized carbons (Fsp3) is 0.227. The summed E-state index contributed by atoms with van der Waals surface area (Å²) in [5, 5.41) is 13.6. The Balaban J connectivity index is 1.55. The lowest BCUT2D eigenvalue weighted by molar-refractivity contribution is 0.0431. The number of halogens is 1. The summed E-state index contributed by atoms with van der Waals surface area (Å²) in [7, 11) is 0. The van der Waals surface area contributed by atoms with Crippen molar-refractivity contribution in [3.05, 3.63) is 75.5 Å². The number of hydrogen-bond acceptors (Lipinski definition) is 7. The van der Waals surface area contributed by atoms with E-state index in [2.05, 4.69) is 15.3 Å². The maximum Gasteiger partial charge on any atom is 0.359 e. The minimum atomic E-state index is -0.673. The quantitative estimate of drug-likeness (QED) is 0.397. The Morgan fingerprint density at radius 2 is 1.84 bits per heavy atom. The number of fused-ring (bicyclic) bond motifs is 1. The number of benzene rings is 2. The molecule has 4 aromatic rings. The molecule has 0 aliphatic carbocycles. The van der Waals surface area contributed by atoms with Crippen molar-refractivity contribution in [2.45, 2.75) is 32.9 Å². The molecule has 0 N–H and O–H groups in total. The van der Waals surface area contributed by atoms with Gasteiger partial charge in [0.2, 0.25) is 5.89 Å². The van der Waals surface area contributed by atoms with Gasteiger partial charge >= 0.3 is 5.97 Å². The van der Waals surface area contributed by atoms with Crippen LogP contribution in [0.1, 0.15) is 36.1 Å². The molecular formula is C22H19ClN4O4. The lowest BCUT2D eigenvalue weighted by atomic mass is 10.1. The van der Waals surface area contributed by atoms with Gasteiger partial charge in [-0.3, -0.25) is 4.79 Å². The van der Waals surface area contributed by atoms with Crippen LogP contribution in [-0.4, -0.2) is 25.9 Å². The van der Waals surface area contributed by atoms with E-state index in [0.29, 0.717) is 33.8 Å². The second kappa shape index (κ2) is 9.09. The second-order valence-corrected chi connectivity index (χ2v) is 7.30. The molecule has 0 saturated carbocycles. The van der Waals surface area contributed by atoms with Crippen molar-refractivity contribution < 1.29 is 13.9 Å². The second-order valence-electron chi connectivity index (χ2n) is 6.86. The molecule has 9 heteroatoms. The summed E-state index contributed by atoms with van der Waals surface area (Å²) in [4.78, 5) is 25.4. The maximum atomic E-state index is 12.8. The molecule has 0 amide bonds. The van der Waals surface area contributed by atoms with Crippen LogP contribution >= 0.6 is 11.6 Å². The summed E-state index contributed by atoms with van der Waals surface area (Å²) in [5.74, 6) is -0.242. The zero-order chi connectivity index (χ0) is 21.8. The molecule has 0 atom stereocenters. The van der Waals surface area contributed by atoms with Crippen LogP contribution in [0.25, 0.3) is 22.2 Å². The molecule has 2 heterocycles. The number of carbonyl (C=O) groups excluding carboxylic acids is 1.